The van der Waals surface area contributed by atoms with E-state index in [1.54, 1.807) is 0 Å². The van der Waals surface area contributed by atoms with Crippen LogP contribution in [-0.4, -0.2) is 48.4 Å². The van der Waals surface area contributed by atoms with Crippen LogP contribution in [0.15, 0.2) is 18.3 Å². The van der Waals surface area contributed by atoms with Crippen LogP contribution in [0.25, 0.3) is 0 Å². The van der Waals surface area contributed by atoms with Crippen LogP contribution in [0.4, 0.5) is 0 Å². The Balaban J connectivity index is 1.54. The minimum Gasteiger partial charge on any atom is -0.310 e. The Hall–Kier alpha value is -0.980. The molecule has 1 aliphatic heterocycles. The minimum absolute atomic E-state index is 0.0711. The predicted molar refractivity (Wildman–Crippen MR) is 82.6 cm³/mol. The maximum absolute atomic E-state index is 11.6. The number of rotatable bonds is 5. The van der Waals surface area contributed by atoms with Crippen molar-refractivity contribution in [3.63, 3.8) is 0 Å². The van der Waals surface area contributed by atoms with Gasteiger partial charge in [0.1, 0.15) is 0 Å². The summed E-state index contributed by atoms with van der Waals surface area (Å²) in [6.45, 7) is 4.20. The van der Waals surface area contributed by atoms with Crippen LogP contribution in [0.1, 0.15) is 31.0 Å². The second-order valence-corrected chi connectivity index (χ2v) is 8.48. The molecule has 21 heavy (non-hydrogen) atoms. The highest BCUT2D eigenvalue weighted by molar-refractivity contribution is 7.91. The molecule has 1 atom stereocenters. The van der Waals surface area contributed by atoms with E-state index in [4.69, 9.17) is 0 Å². The molecule has 1 aromatic rings. The third-order valence-electron chi connectivity index (χ3n) is 4.23. The predicted octanol–water partition coefficient (Wildman–Crippen LogP) is 0.952. The van der Waals surface area contributed by atoms with E-state index in [0.29, 0.717) is 12.6 Å². The van der Waals surface area contributed by atoms with Crippen molar-refractivity contribution in [3.05, 3.63) is 29.6 Å². The summed E-state index contributed by atoms with van der Waals surface area (Å²) in [4.78, 5) is 6.71. The lowest BCUT2D eigenvalue weighted by molar-refractivity contribution is 0.215. The Morgan fingerprint density at radius 2 is 2.19 bits per heavy atom. The molecular weight excluding hydrogens is 286 g/mol. The summed E-state index contributed by atoms with van der Waals surface area (Å²) in [5.41, 5.74) is 2.22. The summed E-state index contributed by atoms with van der Waals surface area (Å²) in [6, 6.07) is 4.95. The highest BCUT2D eigenvalue weighted by Gasteiger charge is 2.28. The number of pyridine rings is 1. The van der Waals surface area contributed by atoms with Gasteiger partial charge in [0, 0.05) is 37.9 Å². The van der Waals surface area contributed by atoms with Gasteiger partial charge in [0.15, 0.2) is 9.84 Å². The second-order valence-electron chi connectivity index (χ2n) is 6.25. The molecular formula is C15H23N3O2S. The molecule has 0 bridgehead atoms. The monoisotopic (exact) mass is 309 g/mol. The van der Waals surface area contributed by atoms with Crippen molar-refractivity contribution in [2.75, 3.05) is 18.1 Å². The van der Waals surface area contributed by atoms with E-state index in [2.05, 4.69) is 27.3 Å². The Morgan fingerprint density at radius 1 is 1.38 bits per heavy atom. The van der Waals surface area contributed by atoms with E-state index in [1.165, 1.54) is 18.4 Å². The lowest BCUT2D eigenvalue weighted by Gasteiger charge is -2.32. The van der Waals surface area contributed by atoms with Crippen LogP contribution in [-0.2, 0) is 22.9 Å². The molecule has 0 radical (unpaired) electrons. The summed E-state index contributed by atoms with van der Waals surface area (Å²) in [6.07, 6.45) is 4.51. The molecule has 0 amide bonds. The largest absolute Gasteiger partial charge is 0.310 e. The Labute approximate surface area is 126 Å². The summed E-state index contributed by atoms with van der Waals surface area (Å²) >= 11 is 0. The zero-order chi connectivity index (χ0) is 14.9. The van der Waals surface area contributed by atoms with Crippen LogP contribution in [0, 0.1) is 0 Å². The fourth-order valence-electron chi connectivity index (χ4n) is 2.68. The van der Waals surface area contributed by atoms with Crippen LogP contribution < -0.4 is 5.32 Å². The molecule has 6 heteroatoms. The lowest BCUT2D eigenvalue weighted by Crippen LogP contribution is -2.46. The maximum Gasteiger partial charge on any atom is 0.153 e. The Morgan fingerprint density at radius 3 is 2.81 bits per heavy atom. The van der Waals surface area contributed by atoms with E-state index in [9.17, 15) is 8.42 Å². The number of sulfone groups is 1. The van der Waals surface area contributed by atoms with Crippen LogP contribution >= 0.6 is 0 Å². The molecule has 2 fully saturated rings. The van der Waals surface area contributed by atoms with Crippen molar-refractivity contribution in [2.45, 2.75) is 44.9 Å². The SMILES string of the molecule is CC1CS(=O)(=O)CCN1Cc1ccc(CNC2CC2)cn1. The van der Waals surface area contributed by atoms with Crippen molar-refractivity contribution < 1.29 is 8.42 Å². The van der Waals surface area contributed by atoms with E-state index in [0.717, 1.165) is 18.8 Å². The van der Waals surface area contributed by atoms with Gasteiger partial charge in [0.25, 0.3) is 0 Å². The van der Waals surface area contributed by atoms with Crippen molar-refractivity contribution in [2.24, 2.45) is 0 Å². The smallest absolute Gasteiger partial charge is 0.153 e. The first-order chi connectivity index (χ1) is 10.0. The van der Waals surface area contributed by atoms with Gasteiger partial charge in [-0.25, -0.2) is 8.42 Å². The standard InChI is InChI=1S/C15H23N3O2S/c1-12-11-21(19,20)7-6-18(12)10-15-3-2-13(9-17-15)8-16-14-4-5-14/h2-3,9,12,14,16H,4-8,10-11H2,1H3. The number of nitrogens with zero attached hydrogens (tertiary/aromatic N) is 2. The molecule has 1 N–H and O–H groups in total. The number of nitrogens with one attached hydrogen (secondary N) is 1. The topological polar surface area (TPSA) is 62.3 Å². The van der Waals surface area contributed by atoms with Crippen molar-refractivity contribution >= 4 is 9.84 Å². The van der Waals surface area contributed by atoms with Gasteiger partial charge in [0.2, 0.25) is 0 Å². The van der Waals surface area contributed by atoms with Crippen molar-refractivity contribution in [1.82, 2.24) is 15.2 Å². The van der Waals surface area contributed by atoms with Gasteiger partial charge in [-0.15, -0.1) is 0 Å². The number of aromatic nitrogens is 1. The highest BCUT2D eigenvalue weighted by Crippen LogP contribution is 2.19. The highest BCUT2D eigenvalue weighted by atomic mass is 32.2. The minimum atomic E-state index is -2.84. The van der Waals surface area contributed by atoms with Gasteiger partial charge in [0.05, 0.1) is 17.2 Å². The van der Waals surface area contributed by atoms with Crippen LogP contribution in [0.5, 0.6) is 0 Å². The summed E-state index contributed by atoms with van der Waals surface area (Å²) in [7, 11) is -2.84. The molecule has 1 saturated carbocycles. The van der Waals surface area contributed by atoms with E-state index < -0.39 is 9.84 Å². The van der Waals surface area contributed by atoms with Gasteiger partial charge in [-0.05, 0) is 31.4 Å². The first-order valence-corrected chi connectivity index (χ1v) is 9.46. The fraction of sp³-hybridized carbons (Fsp3) is 0.667. The van der Waals surface area contributed by atoms with Crippen LogP contribution in [0.2, 0.25) is 0 Å². The summed E-state index contributed by atoms with van der Waals surface area (Å²) < 4.78 is 23.2. The Kier molecular flexibility index (Phi) is 4.28. The molecule has 1 unspecified atom stereocenters. The third-order valence-corrected chi connectivity index (χ3v) is 6.03. The van der Waals surface area contributed by atoms with Gasteiger partial charge >= 0.3 is 0 Å². The second kappa shape index (κ2) is 6.02. The normalized spacial score (nSPS) is 25.9. The number of hydrogen-bond acceptors (Lipinski definition) is 5. The first kappa shape index (κ1) is 14.9. The third kappa shape index (κ3) is 4.25. The molecule has 1 aromatic heterocycles. The number of hydrogen-bond donors (Lipinski definition) is 1. The van der Waals surface area contributed by atoms with Gasteiger partial charge in [-0.1, -0.05) is 6.07 Å². The van der Waals surface area contributed by atoms with Crippen molar-refractivity contribution in [1.29, 1.82) is 0 Å². The first-order valence-electron chi connectivity index (χ1n) is 7.63. The molecule has 116 valence electrons. The van der Waals surface area contributed by atoms with E-state index >= 15 is 0 Å². The molecule has 2 heterocycles. The molecule has 1 saturated heterocycles. The zero-order valence-electron chi connectivity index (χ0n) is 12.5. The average Bonchev–Trinajstić information content (AvgIpc) is 3.25. The summed E-state index contributed by atoms with van der Waals surface area (Å²) in [5.74, 6) is 0.525. The zero-order valence-corrected chi connectivity index (χ0v) is 13.3. The van der Waals surface area contributed by atoms with Crippen molar-refractivity contribution in [3.8, 4) is 0 Å². The quantitative estimate of drug-likeness (QED) is 0.877. The average molecular weight is 309 g/mol. The molecule has 0 spiro atoms. The van der Waals surface area contributed by atoms with Crippen LogP contribution in [0.3, 0.4) is 0 Å². The molecule has 1 aliphatic carbocycles. The lowest BCUT2D eigenvalue weighted by atomic mass is 10.2. The van der Waals surface area contributed by atoms with E-state index in [1.807, 2.05) is 13.1 Å². The summed E-state index contributed by atoms with van der Waals surface area (Å²) in [5, 5.41) is 3.47. The fourth-order valence-corrected chi connectivity index (χ4v) is 4.30. The molecule has 5 nitrogen and oxygen atoms in total. The molecule has 2 aliphatic rings. The van der Waals surface area contributed by atoms with E-state index in [-0.39, 0.29) is 17.5 Å². The Bertz CT molecular complexity index is 581. The molecule has 3 rings (SSSR count). The van der Waals surface area contributed by atoms with Gasteiger partial charge in [-0.2, -0.15) is 0 Å². The molecule has 0 aromatic carbocycles. The van der Waals surface area contributed by atoms with Gasteiger partial charge < -0.3 is 5.32 Å². The maximum atomic E-state index is 11.6. The van der Waals surface area contributed by atoms with Gasteiger partial charge in [-0.3, -0.25) is 9.88 Å².